The minimum absolute atomic E-state index is 0.515. The van der Waals surface area contributed by atoms with Gasteiger partial charge in [0.15, 0.2) is 0 Å². The van der Waals surface area contributed by atoms with Crippen LogP contribution in [0.1, 0.15) is 49.7 Å². The molecule has 0 aliphatic heterocycles. The monoisotopic (exact) mass is 259 g/mol. The van der Waals surface area contributed by atoms with E-state index in [9.17, 15) is 0 Å². The Morgan fingerprint density at radius 2 is 2.11 bits per heavy atom. The molecule has 0 heterocycles. The van der Waals surface area contributed by atoms with Crippen molar-refractivity contribution in [2.24, 2.45) is 0 Å². The van der Waals surface area contributed by atoms with Crippen LogP contribution in [-0.2, 0) is 11.2 Å². The predicted octanol–water partition coefficient (Wildman–Crippen LogP) is 3.26. The zero-order chi connectivity index (χ0) is 13.1. The van der Waals surface area contributed by atoms with Gasteiger partial charge < -0.3 is 10.1 Å². The smallest absolute Gasteiger partial charge is 0.0604 e. The van der Waals surface area contributed by atoms with Gasteiger partial charge in [-0.15, -0.1) is 0 Å². The van der Waals surface area contributed by atoms with Crippen molar-refractivity contribution in [3.63, 3.8) is 0 Å². The molecule has 2 nitrogen and oxygen atoms in total. The zero-order valence-electron chi connectivity index (χ0n) is 11.9. The average Bonchev–Trinajstić information content (AvgIpc) is 2.41. The van der Waals surface area contributed by atoms with Gasteiger partial charge in [0, 0.05) is 19.2 Å². The molecular formula is C17H25NO. The van der Waals surface area contributed by atoms with Crippen LogP contribution >= 0.6 is 0 Å². The van der Waals surface area contributed by atoms with Crippen LogP contribution in [0.3, 0.4) is 0 Å². The van der Waals surface area contributed by atoms with Crippen molar-refractivity contribution >= 4 is 0 Å². The zero-order valence-corrected chi connectivity index (χ0v) is 11.9. The van der Waals surface area contributed by atoms with E-state index in [0.29, 0.717) is 12.1 Å². The van der Waals surface area contributed by atoms with Crippen LogP contribution in [0.25, 0.3) is 0 Å². The van der Waals surface area contributed by atoms with E-state index < -0.39 is 0 Å². The quantitative estimate of drug-likeness (QED) is 0.876. The Bertz CT molecular complexity index is 411. The third kappa shape index (κ3) is 3.01. The van der Waals surface area contributed by atoms with Crippen LogP contribution in [0.15, 0.2) is 24.3 Å². The summed E-state index contributed by atoms with van der Waals surface area (Å²) >= 11 is 0. The van der Waals surface area contributed by atoms with E-state index in [4.69, 9.17) is 4.74 Å². The molecule has 0 radical (unpaired) electrons. The summed E-state index contributed by atoms with van der Waals surface area (Å²) in [4.78, 5) is 0. The molecule has 2 heteroatoms. The lowest BCUT2D eigenvalue weighted by Gasteiger charge is -2.37. The van der Waals surface area contributed by atoms with E-state index in [1.165, 1.54) is 32.1 Å². The number of rotatable bonds is 5. The highest BCUT2D eigenvalue weighted by molar-refractivity contribution is 5.32. The van der Waals surface area contributed by atoms with Gasteiger partial charge in [0.2, 0.25) is 0 Å². The fourth-order valence-electron chi connectivity index (χ4n) is 3.48. The molecule has 1 aromatic carbocycles. The molecule has 104 valence electrons. The molecule has 1 aromatic rings. The van der Waals surface area contributed by atoms with Gasteiger partial charge in [0.1, 0.15) is 0 Å². The van der Waals surface area contributed by atoms with Crippen molar-refractivity contribution in [3.8, 4) is 0 Å². The number of fused-ring (bicyclic) bond motifs is 1. The van der Waals surface area contributed by atoms with Crippen molar-refractivity contribution in [2.45, 2.75) is 57.1 Å². The SMILES string of the molecule is CCOC1CC(NCC2CCCc3ccccc32)C1. The molecule has 0 saturated heterocycles. The Labute approximate surface area is 116 Å². The first-order valence-electron chi connectivity index (χ1n) is 7.79. The second-order valence-electron chi connectivity index (χ2n) is 5.94. The van der Waals surface area contributed by atoms with E-state index >= 15 is 0 Å². The molecule has 1 unspecified atom stereocenters. The van der Waals surface area contributed by atoms with Gasteiger partial charge in [0.05, 0.1) is 6.10 Å². The van der Waals surface area contributed by atoms with Crippen molar-refractivity contribution in [2.75, 3.05) is 13.2 Å². The molecule has 2 aliphatic rings. The van der Waals surface area contributed by atoms with Crippen molar-refractivity contribution in [3.05, 3.63) is 35.4 Å². The molecule has 1 fully saturated rings. The van der Waals surface area contributed by atoms with Crippen LogP contribution in [0.5, 0.6) is 0 Å². The highest BCUT2D eigenvalue weighted by atomic mass is 16.5. The molecule has 0 spiro atoms. The summed E-state index contributed by atoms with van der Waals surface area (Å²) in [7, 11) is 0. The predicted molar refractivity (Wildman–Crippen MR) is 78.6 cm³/mol. The van der Waals surface area contributed by atoms with Crippen LogP contribution in [0.2, 0.25) is 0 Å². The maximum atomic E-state index is 5.62. The van der Waals surface area contributed by atoms with Gasteiger partial charge in [-0.25, -0.2) is 0 Å². The third-order valence-corrected chi connectivity index (χ3v) is 4.64. The van der Waals surface area contributed by atoms with Gasteiger partial charge in [-0.1, -0.05) is 24.3 Å². The Morgan fingerprint density at radius 3 is 2.95 bits per heavy atom. The largest absolute Gasteiger partial charge is 0.378 e. The summed E-state index contributed by atoms with van der Waals surface area (Å²) in [5.74, 6) is 0.719. The summed E-state index contributed by atoms with van der Waals surface area (Å²) in [5, 5.41) is 3.74. The molecule has 2 aliphatic carbocycles. The second kappa shape index (κ2) is 6.06. The maximum Gasteiger partial charge on any atom is 0.0604 e. The normalized spacial score (nSPS) is 29.6. The van der Waals surface area contributed by atoms with Gasteiger partial charge in [-0.3, -0.25) is 0 Å². The molecule has 1 atom stereocenters. The van der Waals surface area contributed by atoms with E-state index in [1.54, 1.807) is 11.1 Å². The molecule has 0 amide bonds. The van der Waals surface area contributed by atoms with Gasteiger partial charge in [0.25, 0.3) is 0 Å². The summed E-state index contributed by atoms with van der Waals surface area (Å²) in [6.07, 6.45) is 6.86. The summed E-state index contributed by atoms with van der Waals surface area (Å²) in [6, 6.07) is 9.67. The molecule has 0 bridgehead atoms. The fourth-order valence-corrected chi connectivity index (χ4v) is 3.48. The number of hydrogen-bond acceptors (Lipinski definition) is 2. The first-order valence-corrected chi connectivity index (χ1v) is 7.79. The van der Waals surface area contributed by atoms with Gasteiger partial charge >= 0.3 is 0 Å². The number of hydrogen-bond donors (Lipinski definition) is 1. The second-order valence-corrected chi connectivity index (χ2v) is 5.94. The molecule has 1 N–H and O–H groups in total. The Morgan fingerprint density at radius 1 is 1.26 bits per heavy atom. The number of benzene rings is 1. The molecule has 3 rings (SSSR count). The van der Waals surface area contributed by atoms with Crippen molar-refractivity contribution in [1.29, 1.82) is 0 Å². The molecule has 1 saturated carbocycles. The Balaban J connectivity index is 1.49. The lowest BCUT2D eigenvalue weighted by Crippen LogP contribution is -2.46. The van der Waals surface area contributed by atoms with Crippen LogP contribution in [0, 0.1) is 0 Å². The standard InChI is InChI=1S/C17H25NO/c1-2-19-16-10-15(11-16)18-12-14-8-5-7-13-6-3-4-9-17(13)14/h3-4,6,9,14-16,18H,2,5,7-8,10-12H2,1H3. The summed E-state index contributed by atoms with van der Waals surface area (Å²) in [5.41, 5.74) is 3.16. The van der Waals surface area contributed by atoms with Crippen molar-refractivity contribution in [1.82, 2.24) is 5.32 Å². The van der Waals surface area contributed by atoms with Gasteiger partial charge in [-0.2, -0.15) is 0 Å². The topological polar surface area (TPSA) is 21.3 Å². The van der Waals surface area contributed by atoms with Crippen LogP contribution < -0.4 is 5.32 Å². The molecule has 0 aromatic heterocycles. The highest BCUT2D eigenvalue weighted by Gasteiger charge is 2.30. The minimum Gasteiger partial charge on any atom is -0.378 e. The fraction of sp³-hybridized carbons (Fsp3) is 0.647. The molecular weight excluding hydrogens is 234 g/mol. The number of nitrogens with one attached hydrogen (secondary N) is 1. The van der Waals surface area contributed by atoms with Gasteiger partial charge in [-0.05, 0) is 56.1 Å². The highest BCUT2D eigenvalue weighted by Crippen LogP contribution is 2.32. The van der Waals surface area contributed by atoms with E-state index in [2.05, 4.69) is 36.5 Å². The number of ether oxygens (including phenoxy) is 1. The maximum absolute atomic E-state index is 5.62. The first-order chi connectivity index (χ1) is 9.36. The lowest BCUT2D eigenvalue weighted by molar-refractivity contribution is -0.0101. The average molecular weight is 259 g/mol. The minimum atomic E-state index is 0.515. The van der Waals surface area contributed by atoms with Crippen LogP contribution in [-0.4, -0.2) is 25.3 Å². The van der Waals surface area contributed by atoms with Crippen molar-refractivity contribution < 1.29 is 4.74 Å². The van der Waals surface area contributed by atoms with E-state index in [0.717, 1.165) is 19.1 Å². The lowest BCUT2D eigenvalue weighted by atomic mass is 9.82. The summed E-state index contributed by atoms with van der Waals surface area (Å²) < 4.78 is 5.62. The Hall–Kier alpha value is -0.860. The molecule has 19 heavy (non-hydrogen) atoms. The van der Waals surface area contributed by atoms with E-state index in [-0.39, 0.29) is 0 Å². The van der Waals surface area contributed by atoms with Crippen LogP contribution in [0.4, 0.5) is 0 Å². The Kier molecular flexibility index (Phi) is 4.19. The first kappa shape index (κ1) is 13.1. The number of aryl methyl sites for hydroxylation is 1. The van der Waals surface area contributed by atoms with E-state index in [1.807, 2.05) is 0 Å². The summed E-state index contributed by atoms with van der Waals surface area (Å²) in [6.45, 7) is 4.08. The third-order valence-electron chi connectivity index (χ3n) is 4.64.